The molecule has 0 fully saturated rings. The van der Waals surface area contributed by atoms with Crippen molar-refractivity contribution in [1.82, 2.24) is 0 Å². The highest BCUT2D eigenvalue weighted by Gasteiger charge is 2.06. The summed E-state index contributed by atoms with van der Waals surface area (Å²) >= 11 is 5.58. The summed E-state index contributed by atoms with van der Waals surface area (Å²) in [5.74, 6) is -1.94. The molecule has 0 bridgehead atoms. The van der Waals surface area contributed by atoms with E-state index in [-0.39, 0.29) is 5.02 Å². The summed E-state index contributed by atoms with van der Waals surface area (Å²) < 4.78 is 38.8. The van der Waals surface area contributed by atoms with E-state index in [4.69, 9.17) is 11.6 Å². The Kier molecular flexibility index (Phi) is 2.88. The van der Waals surface area contributed by atoms with Gasteiger partial charge in [0.1, 0.15) is 17.5 Å². The summed E-state index contributed by atoms with van der Waals surface area (Å²) in [7, 11) is 0. The molecule has 2 rings (SSSR count). The van der Waals surface area contributed by atoms with Gasteiger partial charge in [-0.15, -0.1) is 0 Å². The van der Waals surface area contributed by atoms with Gasteiger partial charge in [0.15, 0.2) is 0 Å². The maximum Gasteiger partial charge on any atom is 0.141 e. The van der Waals surface area contributed by atoms with Crippen molar-refractivity contribution in [3.8, 4) is 11.1 Å². The van der Waals surface area contributed by atoms with Gasteiger partial charge in [-0.05, 0) is 35.4 Å². The van der Waals surface area contributed by atoms with Crippen LogP contribution in [0.15, 0.2) is 36.4 Å². The maximum atomic E-state index is 12.9. The molecule has 0 amide bonds. The Bertz CT molecular complexity index is 518. The first-order valence-corrected chi connectivity index (χ1v) is 4.85. The van der Waals surface area contributed by atoms with Crippen molar-refractivity contribution in [2.24, 2.45) is 0 Å². The molecule has 0 aromatic heterocycles. The number of hydrogen-bond donors (Lipinski definition) is 0. The monoisotopic (exact) mass is 242 g/mol. The van der Waals surface area contributed by atoms with Gasteiger partial charge < -0.3 is 0 Å². The largest absolute Gasteiger partial charge is 0.207 e. The Balaban J connectivity index is 2.54. The van der Waals surface area contributed by atoms with E-state index in [2.05, 4.69) is 0 Å². The minimum atomic E-state index is -0.685. The summed E-state index contributed by atoms with van der Waals surface area (Å²) in [6.07, 6.45) is 0. The van der Waals surface area contributed by atoms with Crippen molar-refractivity contribution in [3.05, 3.63) is 58.9 Å². The molecule has 82 valence electrons. The van der Waals surface area contributed by atoms with Crippen molar-refractivity contribution in [2.45, 2.75) is 0 Å². The first kappa shape index (κ1) is 11.0. The van der Waals surface area contributed by atoms with Crippen LogP contribution in [-0.4, -0.2) is 0 Å². The smallest absolute Gasteiger partial charge is 0.141 e. The van der Waals surface area contributed by atoms with Gasteiger partial charge in [-0.1, -0.05) is 17.7 Å². The molecule has 0 aliphatic carbocycles. The van der Waals surface area contributed by atoms with Gasteiger partial charge >= 0.3 is 0 Å². The highest BCUT2D eigenvalue weighted by atomic mass is 35.5. The molecule has 4 heteroatoms. The third-order valence-corrected chi connectivity index (χ3v) is 2.41. The Morgan fingerprint density at radius 1 is 0.750 bits per heavy atom. The SMILES string of the molecule is Fc1cc(F)cc(-c2ccc(F)c(Cl)c2)c1. The first-order chi connectivity index (χ1) is 7.56. The van der Waals surface area contributed by atoms with E-state index >= 15 is 0 Å². The standard InChI is InChI=1S/C12H6ClF3/c13-11-5-7(1-2-12(11)16)8-3-9(14)6-10(15)4-8/h1-6H. The van der Waals surface area contributed by atoms with E-state index in [1.54, 1.807) is 0 Å². The Hall–Kier alpha value is -1.48. The van der Waals surface area contributed by atoms with E-state index in [1.165, 1.54) is 12.1 Å². The summed E-state index contributed by atoms with van der Waals surface area (Å²) in [6.45, 7) is 0. The molecule has 0 radical (unpaired) electrons. The number of halogens is 4. The molecule has 0 spiro atoms. The summed E-state index contributed by atoms with van der Waals surface area (Å²) in [6, 6.07) is 6.98. The van der Waals surface area contributed by atoms with Gasteiger partial charge in [0.2, 0.25) is 0 Å². The lowest BCUT2D eigenvalue weighted by Gasteiger charge is -2.03. The van der Waals surface area contributed by atoms with Crippen LogP contribution in [-0.2, 0) is 0 Å². The van der Waals surface area contributed by atoms with Gasteiger partial charge in [0.05, 0.1) is 5.02 Å². The van der Waals surface area contributed by atoms with Crippen LogP contribution < -0.4 is 0 Å². The molecular formula is C12H6ClF3. The van der Waals surface area contributed by atoms with Gasteiger partial charge in [0, 0.05) is 6.07 Å². The van der Waals surface area contributed by atoms with E-state index < -0.39 is 17.5 Å². The minimum Gasteiger partial charge on any atom is -0.207 e. The fourth-order valence-electron chi connectivity index (χ4n) is 1.40. The lowest BCUT2D eigenvalue weighted by Crippen LogP contribution is -1.85. The molecular weight excluding hydrogens is 237 g/mol. The second-order valence-corrected chi connectivity index (χ2v) is 3.69. The molecule has 16 heavy (non-hydrogen) atoms. The molecule has 0 aliphatic rings. The van der Waals surface area contributed by atoms with Crippen molar-refractivity contribution in [3.63, 3.8) is 0 Å². The molecule has 0 N–H and O–H groups in total. The van der Waals surface area contributed by atoms with Crippen LogP contribution in [0.2, 0.25) is 5.02 Å². The second kappa shape index (κ2) is 4.18. The lowest BCUT2D eigenvalue weighted by atomic mass is 10.1. The van der Waals surface area contributed by atoms with Crippen molar-refractivity contribution >= 4 is 11.6 Å². The average Bonchev–Trinajstić information content (AvgIpc) is 2.20. The second-order valence-electron chi connectivity index (χ2n) is 3.29. The average molecular weight is 243 g/mol. The first-order valence-electron chi connectivity index (χ1n) is 4.48. The third-order valence-electron chi connectivity index (χ3n) is 2.12. The van der Waals surface area contributed by atoms with Crippen molar-refractivity contribution < 1.29 is 13.2 Å². The molecule has 0 unspecified atom stereocenters. The summed E-state index contributed by atoms with van der Waals surface area (Å²) in [5, 5.41) is -0.0813. The van der Waals surface area contributed by atoms with E-state index in [0.29, 0.717) is 11.1 Å². The number of rotatable bonds is 1. The third kappa shape index (κ3) is 2.19. The molecule has 2 aromatic carbocycles. The Morgan fingerprint density at radius 2 is 1.38 bits per heavy atom. The summed E-state index contributed by atoms with van der Waals surface area (Å²) in [5.41, 5.74) is 0.782. The van der Waals surface area contributed by atoms with Gasteiger partial charge in [-0.3, -0.25) is 0 Å². The normalized spacial score (nSPS) is 10.5. The van der Waals surface area contributed by atoms with E-state index in [0.717, 1.165) is 24.3 Å². The Labute approximate surface area is 95.3 Å². The molecule has 0 atom stereocenters. The zero-order chi connectivity index (χ0) is 11.7. The summed E-state index contributed by atoms with van der Waals surface area (Å²) in [4.78, 5) is 0. The zero-order valence-electron chi connectivity index (χ0n) is 7.98. The van der Waals surface area contributed by atoms with Crippen LogP contribution in [0.1, 0.15) is 0 Å². The zero-order valence-corrected chi connectivity index (χ0v) is 8.73. The van der Waals surface area contributed by atoms with E-state index in [9.17, 15) is 13.2 Å². The van der Waals surface area contributed by atoms with E-state index in [1.807, 2.05) is 0 Å². The lowest BCUT2D eigenvalue weighted by molar-refractivity contribution is 0.584. The fourth-order valence-corrected chi connectivity index (χ4v) is 1.58. The molecule has 0 heterocycles. The maximum absolute atomic E-state index is 12.9. The van der Waals surface area contributed by atoms with Crippen LogP contribution in [0, 0.1) is 17.5 Å². The van der Waals surface area contributed by atoms with Gasteiger partial charge in [-0.2, -0.15) is 0 Å². The van der Waals surface area contributed by atoms with Crippen molar-refractivity contribution in [2.75, 3.05) is 0 Å². The number of benzene rings is 2. The minimum absolute atomic E-state index is 0.0813. The van der Waals surface area contributed by atoms with Gasteiger partial charge in [-0.25, -0.2) is 13.2 Å². The number of hydrogen-bond acceptors (Lipinski definition) is 0. The topological polar surface area (TPSA) is 0 Å². The van der Waals surface area contributed by atoms with Crippen LogP contribution in [0.3, 0.4) is 0 Å². The van der Waals surface area contributed by atoms with Crippen LogP contribution in [0.5, 0.6) is 0 Å². The van der Waals surface area contributed by atoms with Crippen LogP contribution >= 0.6 is 11.6 Å². The Morgan fingerprint density at radius 3 is 1.94 bits per heavy atom. The molecule has 0 aliphatic heterocycles. The molecule has 2 aromatic rings. The highest BCUT2D eigenvalue weighted by Crippen LogP contribution is 2.26. The molecule has 0 nitrogen and oxygen atoms in total. The molecule has 0 saturated carbocycles. The molecule has 0 saturated heterocycles. The van der Waals surface area contributed by atoms with Gasteiger partial charge in [0.25, 0.3) is 0 Å². The predicted molar refractivity (Wildman–Crippen MR) is 56.8 cm³/mol. The predicted octanol–water partition coefficient (Wildman–Crippen LogP) is 4.42. The van der Waals surface area contributed by atoms with Crippen LogP contribution in [0.25, 0.3) is 11.1 Å². The highest BCUT2D eigenvalue weighted by molar-refractivity contribution is 6.31. The van der Waals surface area contributed by atoms with Crippen LogP contribution in [0.4, 0.5) is 13.2 Å². The fraction of sp³-hybridized carbons (Fsp3) is 0. The quantitative estimate of drug-likeness (QED) is 0.694. The van der Waals surface area contributed by atoms with Crippen molar-refractivity contribution in [1.29, 1.82) is 0 Å².